The van der Waals surface area contributed by atoms with E-state index >= 15 is 0 Å². The highest BCUT2D eigenvalue weighted by Crippen LogP contribution is 2.14. The van der Waals surface area contributed by atoms with Crippen LogP contribution >= 0.6 is 0 Å². The topological polar surface area (TPSA) is 83.6 Å². The Morgan fingerprint density at radius 1 is 1.29 bits per heavy atom. The van der Waals surface area contributed by atoms with Gasteiger partial charge < -0.3 is 15.7 Å². The van der Waals surface area contributed by atoms with Crippen LogP contribution in [0, 0.1) is 0 Å². The van der Waals surface area contributed by atoms with E-state index < -0.39 is 5.97 Å². The molecule has 5 nitrogen and oxygen atoms in total. The molecule has 0 spiro atoms. The first-order chi connectivity index (χ1) is 8.04. The predicted octanol–water partition coefficient (Wildman–Crippen LogP) is 0.739. The number of nitrogens with zero attached hydrogens (tertiary/aromatic N) is 1. The van der Waals surface area contributed by atoms with Crippen LogP contribution in [0.2, 0.25) is 0 Å². The third-order valence-electron chi connectivity index (χ3n) is 2.48. The molecule has 1 aromatic rings. The van der Waals surface area contributed by atoms with Gasteiger partial charge in [-0.05, 0) is 24.3 Å². The molecule has 1 rings (SSSR count). The Morgan fingerprint density at radius 3 is 2.35 bits per heavy atom. The zero-order valence-corrected chi connectivity index (χ0v) is 9.72. The van der Waals surface area contributed by atoms with Crippen molar-refractivity contribution in [2.24, 2.45) is 5.73 Å². The van der Waals surface area contributed by atoms with E-state index in [-0.39, 0.29) is 18.7 Å². The highest BCUT2D eigenvalue weighted by Gasteiger charge is 2.06. The molecule has 0 radical (unpaired) electrons. The quantitative estimate of drug-likeness (QED) is 0.712. The van der Waals surface area contributed by atoms with E-state index in [4.69, 9.17) is 10.8 Å². The first kappa shape index (κ1) is 13.2. The second kappa shape index (κ2) is 6.00. The van der Waals surface area contributed by atoms with E-state index in [0.717, 1.165) is 5.69 Å². The van der Waals surface area contributed by atoms with Gasteiger partial charge in [-0.25, -0.2) is 0 Å². The first-order valence-electron chi connectivity index (χ1n) is 5.31. The van der Waals surface area contributed by atoms with Crippen LogP contribution in [0.4, 0.5) is 5.69 Å². The predicted molar refractivity (Wildman–Crippen MR) is 65.3 cm³/mol. The van der Waals surface area contributed by atoms with Crippen LogP contribution in [0.1, 0.15) is 16.8 Å². The van der Waals surface area contributed by atoms with Gasteiger partial charge in [-0.2, -0.15) is 0 Å². The molecule has 0 aliphatic rings. The fourth-order valence-corrected chi connectivity index (χ4v) is 1.41. The minimum Gasteiger partial charge on any atom is -0.481 e. The van der Waals surface area contributed by atoms with Crippen LogP contribution < -0.4 is 10.6 Å². The number of carboxylic acid groups (broad SMARTS) is 1. The molecule has 0 aliphatic carbocycles. The molecule has 0 heterocycles. The number of benzene rings is 1. The van der Waals surface area contributed by atoms with Gasteiger partial charge in [0.25, 0.3) is 0 Å². The monoisotopic (exact) mass is 236 g/mol. The van der Waals surface area contributed by atoms with Crippen molar-refractivity contribution >= 4 is 17.4 Å². The third-order valence-corrected chi connectivity index (χ3v) is 2.48. The Bertz CT molecular complexity index is 401. The number of ketones is 1. The molecule has 0 aromatic heterocycles. The van der Waals surface area contributed by atoms with Gasteiger partial charge in [-0.1, -0.05) is 0 Å². The van der Waals surface area contributed by atoms with Gasteiger partial charge in [-0.3, -0.25) is 9.59 Å². The molecule has 0 saturated heterocycles. The lowest BCUT2D eigenvalue weighted by atomic mass is 10.1. The van der Waals surface area contributed by atoms with Crippen molar-refractivity contribution in [2.75, 3.05) is 25.0 Å². The van der Waals surface area contributed by atoms with Gasteiger partial charge in [-0.15, -0.1) is 0 Å². The van der Waals surface area contributed by atoms with Crippen LogP contribution in [0.5, 0.6) is 0 Å². The molecular formula is C12H16N2O3. The molecular weight excluding hydrogens is 220 g/mol. The van der Waals surface area contributed by atoms with E-state index in [9.17, 15) is 9.59 Å². The number of aliphatic carboxylic acids is 1. The van der Waals surface area contributed by atoms with Crippen molar-refractivity contribution in [2.45, 2.75) is 6.42 Å². The Morgan fingerprint density at radius 2 is 1.88 bits per heavy atom. The maximum Gasteiger partial charge on any atom is 0.305 e. The van der Waals surface area contributed by atoms with Gasteiger partial charge in [0.15, 0.2) is 5.78 Å². The highest BCUT2D eigenvalue weighted by atomic mass is 16.4. The molecule has 0 saturated carbocycles. The van der Waals surface area contributed by atoms with E-state index in [1.165, 1.54) is 0 Å². The lowest BCUT2D eigenvalue weighted by Gasteiger charge is -2.18. The molecule has 0 fully saturated rings. The number of hydrogen-bond donors (Lipinski definition) is 2. The summed E-state index contributed by atoms with van der Waals surface area (Å²) in [6, 6.07) is 6.96. The number of carbonyl (C=O) groups excluding carboxylic acids is 1. The minimum absolute atomic E-state index is 0.00575. The number of Topliss-reactive ketones (excluding diaryl/α,β-unsaturated/α-hetero) is 1. The summed E-state index contributed by atoms with van der Waals surface area (Å²) >= 11 is 0. The number of carbonyl (C=O) groups is 2. The number of hydrogen-bond acceptors (Lipinski definition) is 4. The second-order valence-electron chi connectivity index (χ2n) is 3.74. The zero-order chi connectivity index (χ0) is 12.8. The molecule has 1 aromatic carbocycles. The first-order valence-corrected chi connectivity index (χ1v) is 5.31. The van der Waals surface area contributed by atoms with Crippen molar-refractivity contribution in [3.8, 4) is 0 Å². The third kappa shape index (κ3) is 3.88. The smallest absolute Gasteiger partial charge is 0.305 e. The number of anilines is 1. The average molecular weight is 236 g/mol. The van der Waals surface area contributed by atoms with Crippen molar-refractivity contribution in [1.29, 1.82) is 0 Å². The highest BCUT2D eigenvalue weighted by molar-refractivity contribution is 5.97. The number of carboxylic acids is 1. The lowest BCUT2D eigenvalue weighted by Crippen LogP contribution is -2.21. The van der Waals surface area contributed by atoms with E-state index in [2.05, 4.69) is 0 Å². The Kier molecular flexibility index (Phi) is 4.66. The van der Waals surface area contributed by atoms with E-state index in [1.807, 2.05) is 11.9 Å². The van der Waals surface area contributed by atoms with Crippen molar-refractivity contribution in [3.63, 3.8) is 0 Å². The maximum atomic E-state index is 11.3. The summed E-state index contributed by atoms with van der Waals surface area (Å²) < 4.78 is 0. The number of rotatable bonds is 6. The molecule has 3 N–H and O–H groups in total. The van der Waals surface area contributed by atoms with Crippen molar-refractivity contribution in [3.05, 3.63) is 29.8 Å². The largest absolute Gasteiger partial charge is 0.481 e. The van der Waals surface area contributed by atoms with Crippen molar-refractivity contribution < 1.29 is 14.7 Å². The normalized spacial score (nSPS) is 10.0. The summed E-state index contributed by atoms with van der Waals surface area (Å²) in [5.74, 6) is -0.934. The van der Waals surface area contributed by atoms with Gasteiger partial charge in [0.05, 0.1) is 13.0 Å². The van der Waals surface area contributed by atoms with E-state index in [1.54, 1.807) is 24.3 Å². The summed E-state index contributed by atoms with van der Waals surface area (Å²) in [6.07, 6.45) is 0.0833. The molecule has 0 aliphatic heterocycles. The molecule has 0 unspecified atom stereocenters. The van der Waals surface area contributed by atoms with Gasteiger partial charge in [0.1, 0.15) is 0 Å². The molecule has 0 bridgehead atoms. The van der Waals surface area contributed by atoms with Gasteiger partial charge in [0.2, 0.25) is 0 Å². The zero-order valence-electron chi connectivity index (χ0n) is 9.72. The van der Waals surface area contributed by atoms with Crippen LogP contribution in [-0.4, -0.2) is 37.0 Å². The fraction of sp³-hybridized carbons (Fsp3) is 0.333. The minimum atomic E-state index is -0.827. The summed E-state index contributed by atoms with van der Waals surface area (Å²) in [6.45, 7) is 0.424. The Labute approximate surface area is 99.8 Å². The lowest BCUT2D eigenvalue weighted by molar-refractivity contribution is -0.136. The maximum absolute atomic E-state index is 11.3. The molecule has 5 heteroatoms. The summed E-state index contributed by atoms with van der Waals surface area (Å²) in [5.41, 5.74) is 6.70. The van der Waals surface area contributed by atoms with Crippen LogP contribution in [-0.2, 0) is 4.79 Å². The van der Waals surface area contributed by atoms with Crippen molar-refractivity contribution in [1.82, 2.24) is 0 Å². The van der Waals surface area contributed by atoms with Gasteiger partial charge >= 0.3 is 5.97 Å². The fourth-order valence-electron chi connectivity index (χ4n) is 1.41. The Hall–Kier alpha value is -1.88. The van der Waals surface area contributed by atoms with Crippen LogP contribution in [0.25, 0.3) is 0 Å². The van der Waals surface area contributed by atoms with Gasteiger partial charge in [0, 0.05) is 24.8 Å². The second-order valence-corrected chi connectivity index (χ2v) is 3.74. The SMILES string of the molecule is CN(CCC(=O)O)c1ccc(C(=O)CN)cc1. The standard InChI is InChI=1S/C12H16N2O3/c1-14(7-6-12(16)17)10-4-2-9(3-5-10)11(15)8-13/h2-5H,6-8,13H2,1H3,(H,16,17). The Balaban J connectivity index is 2.66. The van der Waals surface area contributed by atoms with Crippen LogP contribution in [0.3, 0.4) is 0 Å². The molecule has 92 valence electrons. The number of nitrogens with two attached hydrogens (primary N) is 1. The summed E-state index contributed by atoms with van der Waals surface area (Å²) in [7, 11) is 1.81. The van der Waals surface area contributed by atoms with Crippen LogP contribution in [0.15, 0.2) is 24.3 Å². The summed E-state index contributed by atoms with van der Waals surface area (Å²) in [5, 5.41) is 8.57. The molecule has 0 atom stereocenters. The molecule has 17 heavy (non-hydrogen) atoms. The molecule has 0 amide bonds. The van der Waals surface area contributed by atoms with E-state index in [0.29, 0.717) is 12.1 Å². The average Bonchev–Trinajstić information content (AvgIpc) is 2.35. The summed E-state index contributed by atoms with van der Waals surface area (Å²) in [4.78, 5) is 23.5.